The lowest BCUT2D eigenvalue weighted by Gasteiger charge is -2.53. The van der Waals surface area contributed by atoms with Crippen LogP contribution in [0, 0.1) is 17.8 Å². The minimum absolute atomic E-state index is 0.0819. The maximum atomic E-state index is 14.6. The van der Waals surface area contributed by atoms with Gasteiger partial charge in [-0.3, -0.25) is 14.6 Å². The second kappa shape index (κ2) is 16.0. The average Bonchev–Trinajstić information content (AvgIpc) is 3.14. The molecule has 2 aromatic rings. The Kier molecular flexibility index (Phi) is 11.7. The van der Waals surface area contributed by atoms with Crippen molar-refractivity contribution < 1.29 is 31.5 Å². The van der Waals surface area contributed by atoms with Gasteiger partial charge in [-0.2, -0.15) is 0 Å². The smallest absolute Gasteiger partial charge is 0.264 e. The molecule has 0 radical (unpaired) electrons. The Morgan fingerprint density at radius 1 is 1.02 bits per heavy atom. The quantitative estimate of drug-likeness (QED) is 0.335. The number of amides is 1. The number of halogens is 3. The molecule has 0 aromatic heterocycles. The third kappa shape index (κ3) is 8.48. The van der Waals surface area contributed by atoms with Crippen LogP contribution in [0.5, 0.6) is 5.75 Å². The standard InChI is InChI=1S/C41H55ClF2N4O5S/c1-28-7-6-15-40(52-3,27-46-19-20-47-18-16-41(43,44)23-35(47)25-46)36-13-10-32(36)24-48-17-5-4-8-30-21-34(42)12-9-33(30)26-53-38-14-11-31(22-37(38)48)39(49)45-54(50,51)29(28)2/h6,9,11-12,14-15,21-22,28-29,32,35-36H,4-5,7-8,10,13,16-20,23-27H2,1-3H3,(H,45,49)/b15-6+/t28-,29+,32-,35?,36+,40-/m0/s1. The molecule has 1 amide bonds. The average molecular weight is 789 g/mol. The second-order valence-electron chi connectivity index (χ2n) is 16.4. The Morgan fingerprint density at radius 2 is 1.85 bits per heavy atom. The maximum Gasteiger partial charge on any atom is 0.264 e. The molecule has 1 N–H and O–H groups in total. The van der Waals surface area contributed by atoms with Gasteiger partial charge in [0, 0.05) is 82.4 Å². The fourth-order valence-corrected chi connectivity index (χ4v) is 10.8. The number of rotatable bonds is 3. The number of alkyl halides is 2. The molecule has 4 heterocycles. The number of carbonyl (C=O) groups is 1. The van der Waals surface area contributed by atoms with Crippen molar-refractivity contribution in [3.05, 3.63) is 70.3 Å². The Balaban J connectivity index is 1.24. The van der Waals surface area contributed by atoms with Crippen molar-refractivity contribution in [2.24, 2.45) is 17.8 Å². The van der Waals surface area contributed by atoms with Gasteiger partial charge in [-0.1, -0.05) is 36.7 Å². The number of benzene rings is 2. The van der Waals surface area contributed by atoms with Gasteiger partial charge in [0.2, 0.25) is 10.0 Å². The van der Waals surface area contributed by atoms with E-state index >= 15 is 0 Å². The predicted octanol–water partition coefficient (Wildman–Crippen LogP) is 6.93. The molecule has 1 unspecified atom stereocenters. The van der Waals surface area contributed by atoms with E-state index in [1.807, 2.05) is 31.2 Å². The van der Waals surface area contributed by atoms with Gasteiger partial charge in [0.15, 0.2) is 0 Å². The highest BCUT2D eigenvalue weighted by Gasteiger charge is 2.50. The molecule has 2 saturated heterocycles. The topological polar surface area (TPSA) is 91.4 Å². The minimum Gasteiger partial charge on any atom is -0.487 e. The molecule has 6 atom stereocenters. The van der Waals surface area contributed by atoms with Crippen LogP contribution < -0.4 is 14.4 Å². The summed E-state index contributed by atoms with van der Waals surface area (Å²) in [6, 6.07) is 10.9. The Labute approximate surface area is 324 Å². The molecule has 5 aliphatic rings. The Hall–Kier alpha value is -2.77. The second-order valence-corrected chi connectivity index (χ2v) is 18.9. The van der Waals surface area contributed by atoms with Crippen LogP contribution in [0.15, 0.2) is 48.6 Å². The zero-order chi connectivity index (χ0) is 38.3. The molecule has 9 nitrogen and oxygen atoms in total. The van der Waals surface area contributed by atoms with E-state index in [-0.39, 0.29) is 42.2 Å². The third-order valence-corrected chi connectivity index (χ3v) is 15.2. The molecule has 296 valence electrons. The van der Waals surface area contributed by atoms with Crippen LogP contribution >= 0.6 is 11.6 Å². The maximum absolute atomic E-state index is 14.6. The Bertz CT molecular complexity index is 1830. The highest BCUT2D eigenvalue weighted by Crippen LogP contribution is 2.47. The zero-order valence-corrected chi connectivity index (χ0v) is 33.3. The lowest BCUT2D eigenvalue weighted by atomic mass is 9.63. The summed E-state index contributed by atoms with van der Waals surface area (Å²) in [6.07, 6.45) is 9.05. The van der Waals surface area contributed by atoms with Gasteiger partial charge < -0.3 is 14.4 Å². The van der Waals surface area contributed by atoms with Crippen molar-refractivity contribution in [2.45, 2.75) is 94.6 Å². The largest absolute Gasteiger partial charge is 0.487 e. The first-order chi connectivity index (χ1) is 25.8. The summed E-state index contributed by atoms with van der Waals surface area (Å²) in [4.78, 5) is 20.4. The monoisotopic (exact) mass is 788 g/mol. The van der Waals surface area contributed by atoms with Crippen LogP contribution in [0.25, 0.3) is 0 Å². The molecular weight excluding hydrogens is 734 g/mol. The molecule has 1 saturated carbocycles. The number of anilines is 1. The number of allylic oxidation sites excluding steroid dienone is 1. The summed E-state index contributed by atoms with van der Waals surface area (Å²) in [6.45, 7) is 8.32. The van der Waals surface area contributed by atoms with Crippen molar-refractivity contribution >= 4 is 33.2 Å². The lowest BCUT2D eigenvalue weighted by molar-refractivity contribution is -0.119. The summed E-state index contributed by atoms with van der Waals surface area (Å²) in [5.74, 6) is -2.61. The number of nitrogens with one attached hydrogen (secondary N) is 1. The number of piperazine rings is 1. The molecule has 2 bridgehead atoms. The number of hydrogen-bond donors (Lipinski definition) is 1. The molecule has 13 heteroatoms. The molecule has 7 rings (SSSR count). The van der Waals surface area contributed by atoms with E-state index in [1.165, 1.54) is 0 Å². The highest BCUT2D eigenvalue weighted by atomic mass is 35.5. The zero-order valence-electron chi connectivity index (χ0n) is 31.7. The third-order valence-electron chi connectivity index (χ3n) is 13.0. The summed E-state index contributed by atoms with van der Waals surface area (Å²) in [5, 5.41) is -0.156. The van der Waals surface area contributed by atoms with E-state index in [1.54, 1.807) is 32.2 Å². The van der Waals surface area contributed by atoms with E-state index < -0.39 is 32.7 Å². The number of hydrogen-bond acceptors (Lipinski definition) is 8. The van der Waals surface area contributed by atoms with E-state index in [4.69, 9.17) is 21.1 Å². The van der Waals surface area contributed by atoms with Crippen LogP contribution in [0.4, 0.5) is 14.5 Å². The van der Waals surface area contributed by atoms with Gasteiger partial charge in [0.25, 0.3) is 11.8 Å². The van der Waals surface area contributed by atoms with Crippen LogP contribution in [0.2, 0.25) is 5.02 Å². The molecule has 4 aliphatic heterocycles. The minimum atomic E-state index is -4.02. The van der Waals surface area contributed by atoms with Crippen LogP contribution in [0.3, 0.4) is 0 Å². The SMILES string of the molecule is CO[C@]1(CN2CCN3CCC(F)(F)CC3C2)/C=C/C[C@H](C)[C@@H](C)S(=O)(=O)NC(=O)c2ccc3c(c2)N(CCCCc2cc(Cl)ccc2CO3)C[C@@H]2CC[C@H]21. The van der Waals surface area contributed by atoms with E-state index in [0.29, 0.717) is 56.5 Å². The first-order valence-electron chi connectivity index (χ1n) is 19.7. The molecule has 2 aromatic carbocycles. The first-order valence-corrected chi connectivity index (χ1v) is 21.6. The van der Waals surface area contributed by atoms with Gasteiger partial charge in [0.05, 0.1) is 10.9 Å². The van der Waals surface area contributed by atoms with Crippen molar-refractivity contribution in [1.29, 1.82) is 0 Å². The van der Waals surface area contributed by atoms with Crippen LogP contribution in [-0.2, 0) is 27.8 Å². The fraction of sp³-hybridized carbons (Fsp3) is 0.634. The number of methoxy groups -OCH3 is 1. The van der Waals surface area contributed by atoms with Crippen LogP contribution in [0.1, 0.15) is 80.3 Å². The van der Waals surface area contributed by atoms with Gasteiger partial charge in [-0.05, 0) is 105 Å². The van der Waals surface area contributed by atoms with Gasteiger partial charge in [-0.25, -0.2) is 21.9 Å². The number of nitrogens with zero attached hydrogens (tertiary/aromatic N) is 3. The summed E-state index contributed by atoms with van der Waals surface area (Å²) >= 11 is 6.39. The van der Waals surface area contributed by atoms with Gasteiger partial charge >= 0.3 is 0 Å². The number of ether oxygens (including phenoxy) is 2. The van der Waals surface area contributed by atoms with Crippen molar-refractivity contribution in [1.82, 2.24) is 14.5 Å². The molecular formula is C41H55ClF2N4O5S. The van der Waals surface area contributed by atoms with Gasteiger partial charge in [0.1, 0.15) is 18.0 Å². The number of aryl methyl sites for hydroxylation is 1. The van der Waals surface area contributed by atoms with Crippen molar-refractivity contribution in [2.75, 3.05) is 57.8 Å². The number of sulfonamides is 1. The fourth-order valence-electron chi connectivity index (χ4n) is 9.32. The van der Waals surface area contributed by atoms with E-state index in [0.717, 1.165) is 62.0 Å². The first kappa shape index (κ1) is 39.5. The van der Waals surface area contributed by atoms with Crippen molar-refractivity contribution in [3.8, 4) is 5.75 Å². The number of carbonyl (C=O) groups excluding carboxylic acids is 1. The van der Waals surface area contributed by atoms with Crippen LogP contribution in [-0.4, -0.2) is 99.9 Å². The van der Waals surface area contributed by atoms with E-state index in [9.17, 15) is 22.0 Å². The molecule has 0 spiro atoms. The lowest BCUT2D eigenvalue weighted by Crippen LogP contribution is -2.62. The number of piperidine rings is 1. The summed E-state index contributed by atoms with van der Waals surface area (Å²) < 4.78 is 71.8. The van der Waals surface area contributed by atoms with E-state index in [2.05, 4.69) is 25.5 Å². The molecule has 54 heavy (non-hydrogen) atoms. The molecule has 3 fully saturated rings. The summed E-state index contributed by atoms with van der Waals surface area (Å²) in [5.41, 5.74) is 2.51. The Morgan fingerprint density at radius 3 is 2.63 bits per heavy atom. The predicted molar refractivity (Wildman–Crippen MR) is 208 cm³/mol. The van der Waals surface area contributed by atoms with Crippen molar-refractivity contribution in [3.63, 3.8) is 0 Å². The summed E-state index contributed by atoms with van der Waals surface area (Å²) in [7, 11) is -2.26. The number of fused-ring (bicyclic) bond motifs is 4. The van der Waals surface area contributed by atoms with Gasteiger partial charge in [-0.15, -0.1) is 0 Å². The molecule has 1 aliphatic carbocycles. The normalized spacial score (nSPS) is 32.7. The highest BCUT2D eigenvalue weighted by molar-refractivity contribution is 7.90.